The summed E-state index contributed by atoms with van der Waals surface area (Å²) in [6.07, 6.45) is -2.15. The average Bonchev–Trinajstić information content (AvgIpc) is 3.31. The number of hydrogen-bond donors (Lipinski definition) is 1. The zero-order valence-electron chi connectivity index (χ0n) is 22.5. The molecule has 0 radical (unpaired) electrons. The van der Waals surface area contributed by atoms with E-state index in [0.717, 1.165) is 33.6 Å². The number of imide groups is 2. The standard InChI is InChI=1S/C30H22BrCl2F3N2O6/c1-2-14-3-5-15(6-4-14)38-24(40)18-9-8-17-20(22(18)25(38)41)12-28(32)26(42)37(13-31)27(43)29(28,33)23(17)19-11-16(7-10-21(19)39)44-30(34,35)36/h2-8,10-11,18,20,22-23,39H,1,9,12-13H2/t18-,20+,22-,23+,28+,29-/m0/s1. The Kier molecular flexibility index (Phi) is 7.21. The number of nitrogens with zero attached hydrogens (tertiary/aromatic N) is 2. The normalized spacial score (nSPS) is 31.5. The molecule has 2 aromatic rings. The van der Waals surface area contributed by atoms with Crippen LogP contribution in [0, 0.1) is 17.8 Å². The number of aromatic hydroxyl groups is 1. The molecule has 14 heteroatoms. The number of carbonyl (C=O) groups excluding carboxylic acids is 4. The molecule has 1 saturated carbocycles. The molecule has 44 heavy (non-hydrogen) atoms. The summed E-state index contributed by atoms with van der Waals surface area (Å²) in [5.74, 6) is -8.36. The van der Waals surface area contributed by atoms with Crippen molar-refractivity contribution in [3.63, 3.8) is 0 Å². The van der Waals surface area contributed by atoms with Crippen LogP contribution in [0.5, 0.6) is 11.5 Å². The Hall–Kier alpha value is -3.35. The lowest BCUT2D eigenvalue weighted by atomic mass is 9.56. The quantitative estimate of drug-likeness (QED) is 0.181. The third-order valence-electron chi connectivity index (χ3n) is 8.95. The molecule has 2 saturated heterocycles. The Morgan fingerprint density at radius 1 is 1.05 bits per heavy atom. The predicted molar refractivity (Wildman–Crippen MR) is 157 cm³/mol. The molecule has 2 heterocycles. The van der Waals surface area contributed by atoms with Crippen LogP contribution in [0.1, 0.15) is 29.9 Å². The molecule has 4 aliphatic rings. The van der Waals surface area contributed by atoms with Gasteiger partial charge in [-0.2, -0.15) is 0 Å². The minimum Gasteiger partial charge on any atom is -0.508 e. The average molecular weight is 714 g/mol. The number of hydrogen-bond acceptors (Lipinski definition) is 6. The number of allylic oxidation sites excluding steroid dienone is 2. The summed E-state index contributed by atoms with van der Waals surface area (Å²) in [6.45, 7) is 3.70. The fraction of sp³-hybridized carbons (Fsp3) is 0.333. The highest BCUT2D eigenvalue weighted by atomic mass is 79.9. The number of benzene rings is 2. The van der Waals surface area contributed by atoms with Crippen molar-refractivity contribution >= 4 is 74.5 Å². The summed E-state index contributed by atoms with van der Waals surface area (Å²) in [6, 6.07) is 9.30. The number of rotatable bonds is 5. The van der Waals surface area contributed by atoms with E-state index in [2.05, 4.69) is 27.2 Å². The second-order valence-electron chi connectivity index (χ2n) is 11.1. The highest BCUT2D eigenvalue weighted by Gasteiger charge is 2.76. The van der Waals surface area contributed by atoms with E-state index < -0.39 is 74.9 Å². The van der Waals surface area contributed by atoms with Crippen molar-refractivity contribution in [1.29, 1.82) is 0 Å². The number of halogens is 6. The molecule has 0 unspecified atom stereocenters. The van der Waals surface area contributed by atoms with Gasteiger partial charge in [-0.15, -0.1) is 36.4 Å². The van der Waals surface area contributed by atoms with Crippen molar-refractivity contribution < 1.29 is 42.2 Å². The van der Waals surface area contributed by atoms with E-state index in [1.54, 1.807) is 36.4 Å². The minimum absolute atomic E-state index is 0.0326. The first kappa shape index (κ1) is 30.7. The first-order valence-electron chi connectivity index (χ1n) is 13.4. The van der Waals surface area contributed by atoms with Crippen LogP contribution in [-0.4, -0.2) is 55.2 Å². The molecule has 6 rings (SSSR count). The summed E-state index contributed by atoms with van der Waals surface area (Å²) in [5, 5.41) is 11.0. The van der Waals surface area contributed by atoms with Gasteiger partial charge < -0.3 is 9.84 Å². The van der Waals surface area contributed by atoms with E-state index in [0.29, 0.717) is 11.3 Å². The van der Waals surface area contributed by atoms with Crippen LogP contribution >= 0.6 is 39.1 Å². The molecule has 0 bridgehead atoms. The van der Waals surface area contributed by atoms with Gasteiger partial charge in [0.25, 0.3) is 11.8 Å². The molecule has 4 amide bonds. The van der Waals surface area contributed by atoms with Crippen LogP contribution < -0.4 is 9.64 Å². The predicted octanol–water partition coefficient (Wildman–Crippen LogP) is 5.85. The van der Waals surface area contributed by atoms with Gasteiger partial charge in [-0.3, -0.25) is 29.0 Å². The summed E-state index contributed by atoms with van der Waals surface area (Å²) in [4.78, 5) is 52.6. The van der Waals surface area contributed by atoms with Crippen LogP contribution in [0.15, 0.2) is 60.7 Å². The SMILES string of the molecule is C=Cc1ccc(N2C(=O)[C@H]3[C@H](CC=C4[C@H]3C[C@@]3(Cl)C(=O)N(CBr)C(=O)[C@@]3(Cl)[C@H]4c3cc(OC(F)(F)F)ccc3O)C2=O)cc1. The molecule has 0 spiro atoms. The molecular weight excluding hydrogens is 692 g/mol. The third kappa shape index (κ3) is 4.24. The van der Waals surface area contributed by atoms with Crippen molar-refractivity contribution in [3.05, 3.63) is 71.8 Å². The number of alkyl halides is 6. The number of phenols is 1. The molecule has 2 aliphatic heterocycles. The minimum atomic E-state index is -5.08. The number of amides is 4. The Balaban J connectivity index is 1.52. The summed E-state index contributed by atoms with van der Waals surface area (Å²) < 4.78 is 43.6. The molecule has 6 atom stereocenters. The van der Waals surface area contributed by atoms with E-state index in [9.17, 15) is 37.5 Å². The molecular formula is C30H22BrCl2F3N2O6. The molecule has 8 nitrogen and oxygen atoms in total. The molecule has 2 aliphatic carbocycles. The molecule has 1 N–H and O–H groups in total. The zero-order chi connectivity index (χ0) is 31.9. The van der Waals surface area contributed by atoms with E-state index in [4.69, 9.17) is 23.2 Å². The highest BCUT2D eigenvalue weighted by molar-refractivity contribution is 9.09. The van der Waals surface area contributed by atoms with Crippen molar-refractivity contribution in [2.45, 2.75) is 34.9 Å². The van der Waals surface area contributed by atoms with Crippen LogP contribution in [0.2, 0.25) is 0 Å². The fourth-order valence-corrected chi connectivity index (χ4v) is 8.49. The third-order valence-corrected chi connectivity index (χ3v) is 10.9. The lowest BCUT2D eigenvalue weighted by molar-refractivity contribution is -0.274. The van der Waals surface area contributed by atoms with Gasteiger partial charge in [0.15, 0.2) is 9.75 Å². The monoisotopic (exact) mass is 712 g/mol. The van der Waals surface area contributed by atoms with Gasteiger partial charge in [0.1, 0.15) is 11.5 Å². The number of carbonyl (C=O) groups is 4. The van der Waals surface area contributed by atoms with Crippen LogP contribution in [-0.2, 0) is 19.2 Å². The van der Waals surface area contributed by atoms with Gasteiger partial charge in [0.05, 0.1) is 23.0 Å². The van der Waals surface area contributed by atoms with E-state index in [-0.39, 0.29) is 23.9 Å². The molecule has 3 fully saturated rings. The maximum absolute atomic E-state index is 14.0. The van der Waals surface area contributed by atoms with Gasteiger partial charge in [-0.25, -0.2) is 0 Å². The Bertz CT molecular complexity index is 1670. The number of fused-ring (bicyclic) bond motifs is 4. The van der Waals surface area contributed by atoms with Crippen LogP contribution in [0.3, 0.4) is 0 Å². The van der Waals surface area contributed by atoms with E-state index in [1.165, 1.54) is 0 Å². The Labute approximate surface area is 267 Å². The first-order chi connectivity index (χ1) is 20.7. The van der Waals surface area contributed by atoms with Gasteiger partial charge in [-0.05, 0) is 54.7 Å². The maximum atomic E-state index is 14.0. The molecule has 230 valence electrons. The first-order valence-corrected chi connectivity index (χ1v) is 15.2. The lowest BCUT2D eigenvalue weighted by Gasteiger charge is -2.50. The second-order valence-corrected chi connectivity index (χ2v) is 12.8. The van der Waals surface area contributed by atoms with Crippen LogP contribution in [0.25, 0.3) is 6.08 Å². The van der Waals surface area contributed by atoms with Gasteiger partial charge in [-0.1, -0.05) is 52.4 Å². The Morgan fingerprint density at radius 3 is 2.34 bits per heavy atom. The van der Waals surface area contributed by atoms with Crippen molar-refractivity contribution in [3.8, 4) is 11.5 Å². The number of ether oxygens (including phenoxy) is 1. The number of phenolic OH excluding ortho intramolecular Hbond substituents is 1. The van der Waals surface area contributed by atoms with E-state index in [1.807, 2.05) is 0 Å². The van der Waals surface area contributed by atoms with Gasteiger partial charge >= 0.3 is 6.36 Å². The molecule has 2 aromatic carbocycles. The van der Waals surface area contributed by atoms with E-state index >= 15 is 0 Å². The summed E-state index contributed by atoms with van der Waals surface area (Å²) >= 11 is 17.3. The summed E-state index contributed by atoms with van der Waals surface area (Å²) in [5.41, 5.74) is 0.857. The number of anilines is 1. The van der Waals surface area contributed by atoms with Crippen molar-refractivity contribution in [2.24, 2.45) is 17.8 Å². The smallest absolute Gasteiger partial charge is 0.508 e. The largest absolute Gasteiger partial charge is 0.573 e. The molecule has 0 aromatic heterocycles. The van der Waals surface area contributed by atoms with Crippen LogP contribution in [0.4, 0.5) is 18.9 Å². The summed E-state index contributed by atoms with van der Waals surface area (Å²) in [7, 11) is 0. The second kappa shape index (κ2) is 10.3. The fourth-order valence-electron chi connectivity index (χ4n) is 7.07. The lowest BCUT2D eigenvalue weighted by Crippen LogP contribution is -2.60. The van der Waals surface area contributed by atoms with Gasteiger partial charge in [0, 0.05) is 11.5 Å². The van der Waals surface area contributed by atoms with Gasteiger partial charge in [0.2, 0.25) is 11.8 Å². The Morgan fingerprint density at radius 2 is 1.73 bits per heavy atom. The maximum Gasteiger partial charge on any atom is 0.573 e. The topological polar surface area (TPSA) is 104 Å². The van der Waals surface area contributed by atoms with Crippen molar-refractivity contribution in [1.82, 2.24) is 4.90 Å². The zero-order valence-corrected chi connectivity index (χ0v) is 25.6. The highest BCUT2D eigenvalue weighted by Crippen LogP contribution is 2.66. The number of likely N-dealkylation sites (tertiary alicyclic amines) is 1. The van der Waals surface area contributed by atoms with Crippen molar-refractivity contribution in [2.75, 3.05) is 10.4 Å².